The van der Waals surface area contributed by atoms with Crippen molar-refractivity contribution in [2.75, 3.05) is 5.32 Å². The Hall–Kier alpha value is -2.99. The molecule has 2 heterocycles. The van der Waals surface area contributed by atoms with E-state index in [1.54, 1.807) is 19.1 Å². The first-order chi connectivity index (χ1) is 12.5. The molecule has 4 rings (SSSR count). The summed E-state index contributed by atoms with van der Waals surface area (Å²) in [6.07, 6.45) is 0.331. The van der Waals surface area contributed by atoms with E-state index in [9.17, 15) is 9.59 Å². The minimum atomic E-state index is -1.26. The third kappa shape index (κ3) is 2.99. The van der Waals surface area contributed by atoms with Crippen LogP contribution in [0.4, 0.5) is 5.13 Å². The van der Waals surface area contributed by atoms with Crippen LogP contribution in [0.1, 0.15) is 22.8 Å². The van der Waals surface area contributed by atoms with Gasteiger partial charge in [0.25, 0.3) is 5.91 Å². The minimum Gasteiger partial charge on any atom is -0.445 e. The molecule has 1 unspecified atom stereocenters. The number of carbonyl (C=O) groups excluding carboxylic acids is 2. The summed E-state index contributed by atoms with van der Waals surface area (Å²) in [7, 11) is 0. The first-order valence-corrected chi connectivity index (χ1v) is 9.07. The summed E-state index contributed by atoms with van der Waals surface area (Å²) in [5.74, 6) is -0.858. The number of rotatable bonds is 3. The summed E-state index contributed by atoms with van der Waals surface area (Å²) in [6.45, 7) is 1.63. The molecule has 1 aromatic heterocycles. The van der Waals surface area contributed by atoms with Gasteiger partial charge in [-0.2, -0.15) is 0 Å². The monoisotopic (exact) mass is 364 g/mol. The molecule has 0 aliphatic carbocycles. The van der Waals surface area contributed by atoms with Crippen LogP contribution in [0.5, 0.6) is 0 Å². The number of esters is 1. The Balaban J connectivity index is 1.54. The van der Waals surface area contributed by atoms with Crippen LogP contribution in [0.25, 0.3) is 11.3 Å². The lowest BCUT2D eigenvalue weighted by Crippen LogP contribution is -2.48. The molecule has 0 fully saturated rings. The summed E-state index contributed by atoms with van der Waals surface area (Å²) in [6, 6.07) is 16.9. The standard InChI is InChI=1S/C20H16N2O3S/c1-20(11-14-9-5-6-10-15(14)17(23)25-20)18(24)22-19-21-16(12-26-19)13-7-3-2-4-8-13/h2-10,12H,11H2,1H3,(H,21,22,24). The molecule has 1 N–H and O–H groups in total. The molecule has 0 bridgehead atoms. The molecule has 1 aliphatic heterocycles. The average Bonchev–Trinajstić information content (AvgIpc) is 3.11. The van der Waals surface area contributed by atoms with E-state index in [0.717, 1.165) is 16.8 Å². The number of carbonyl (C=O) groups is 2. The number of hydrogen-bond acceptors (Lipinski definition) is 5. The van der Waals surface area contributed by atoms with E-state index in [-0.39, 0.29) is 5.91 Å². The Bertz CT molecular complexity index is 983. The predicted octanol–water partition coefficient (Wildman–Crippen LogP) is 3.92. The smallest absolute Gasteiger partial charge is 0.339 e. The van der Waals surface area contributed by atoms with E-state index in [1.807, 2.05) is 47.8 Å². The Morgan fingerprint density at radius 2 is 1.88 bits per heavy atom. The summed E-state index contributed by atoms with van der Waals surface area (Å²) in [4.78, 5) is 29.5. The highest BCUT2D eigenvalue weighted by atomic mass is 32.1. The minimum absolute atomic E-state index is 0.331. The molecular formula is C20H16N2O3S. The number of nitrogens with zero attached hydrogens (tertiary/aromatic N) is 1. The summed E-state index contributed by atoms with van der Waals surface area (Å²) in [5, 5.41) is 5.15. The highest BCUT2D eigenvalue weighted by Gasteiger charge is 2.42. The number of thiazole rings is 1. The number of benzene rings is 2. The van der Waals surface area contributed by atoms with Gasteiger partial charge >= 0.3 is 5.97 Å². The summed E-state index contributed by atoms with van der Waals surface area (Å²) >= 11 is 1.34. The second-order valence-electron chi connectivity index (χ2n) is 6.31. The van der Waals surface area contributed by atoms with E-state index < -0.39 is 11.6 Å². The van der Waals surface area contributed by atoms with Crippen LogP contribution in [0, 0.1) is 0 Å². The van der Waals surface area contributed by atoms with Gasteiger partial charge in [-0.05, 0) is 18.6 Å². The predicted molar refractivity (Wildman–Crippen MR) is 100 cm³/mol. The Kier molecular flexibility index (Phi) is 4.05. The molecule has 0 radical (unpaired) electrons. The van der Waals surface area contributed by atoms with Gasteiger partial charge in [0.1, 0.15) is 0 Å². The topological polar surface area (TPSA) is 68.3 Å². The first kappa shape index (κ1) is 16.5. The molecule has 0 saturated carbocycles. The number of anilines is 1. The molecule has 6 heteroatoms. The van der Waals surface area contributed by atoms with Crippen LogP contribution in [-0.4, -0.2) is 22.5 Å². The van der Waals surface area contributed by atoms with Gasteiger partial charge in [-0.3, -0.25) is 10.1 Å². The lowest BCUT2D eigenvalue weighted by molar-refractivity contribution is -0.134. The van der Waals surface area contributed by atoms with E-state index in [1.165, 1.54) is 11.3 Å². The zero-order valence-corrected chi connectivity index (χ0v) is 14.9. The van der Waals surface area contributed by atoms with Crippen molar-refractivity contribution >= 4 is 28.3 Å². The number of hydrogen-bond donors (Lipinski definition) is 1. The molecule has 1 aliphatic rings. The third-order valence-electron chi connectivity index (χ3n) is 4.36. The number of aromatic nitrogens is 1. The van der Waals surface area contributed by atoms with E-state index in [4.69, 9.17) is 4.74 Å². The summed E-state index contributed by atoms with van der Waals surface area (Å²) < 4.78 is 5.45. The quantitative estimate of drug-likeness (QED) is 0.715. The van der Waals surface area contributed by atoms with Crippen molar-refractivity contribution in [3.05, 3.63) is 71.1 Å². The van der Waals surface area contributed by atoms with Crippen LogP contribution in [0.15, 0.2) is 60.0 Å². The Morgan fingerprint density at radius 1 is 1.15 bits per heavy atom. The third-order valence-corrected chi connectivity index (χ3v) is 5.12. The van der Waals surface area contributed by atoms with Crippen LogP contribution < -0.4 is 5.32 Å². The molecule has 1 amide bonds. The molecule has 130 valence electrons. The van der Waals surface area contributed by atoms with Crippen LogP contribution in [0.2, 0.25) is 0 Å². The van der Waals surface area contributed by atoms with Crippen molar-refractivity contribution in [3.63, 3.8) is 0 Å². The van der Waals surface area contributed by atoms with Crippen molar-refractivity contribution in [1.82, 2.24) is 4.98 Å². The summed E-state index contributed by atoms with van der Waals surface area (Å²) in [5.41, 5.74) is 1.84. The number of cyclic esters (lactones) is 1. The molecular weight excluding hydrogens is 348 g/mol. The Morgan fingerprint density at radius 3 is 2.69 bits per heavy atom. The van der Waals surface area contributed by atoms with Crippen molar-refractivity contribution < 1.29 is 14.3 Å². The van der Waals surface area contributed by atoms with Crippen molar-refractivity contribution in [2.24, 2.45) is 0 Å². The molecule has 1 atom stereocenters. The fourth-order valence-corrected chi connectivity index (χ4v) is 3.68. The fourth-order valence-electron chi connectivity index (χ4n) is 2.96. The largest absolute Gasteiger partial charge is 0.445 e. The van der Waals surface area contributed by atoms with Crippen molar-refractivity contribution in [1.29, 1.82) is 0 Å². The number of nitrogens with one attached hydrogen (secondary N) is 1. The molecule has 3 aromatic rings. The lowest BCUT2D eigenvalue weighted by atomic mass is 9.89. The van der Waals surface area contributed by atoms with Crippen LogP contribution in [0.3, 0.4) is 0 Å². The first-order valence-electron chi connectivity index (χ1n) is 8.19. The van der Waals surface area contributed by atoms with Gasteiger partial charge in [0.05, 0.1) is 11.3 Å². The van der Waals surface area contributed by atoms with Crippen LogP contribution >= 0.6 is 11.3 Å². The van der Waals surface area contributed by atoms with Gasteiger partial charge in [-0.25, -0.2) is 9.78 Å². The maximum Gasteiger partial charge on any atom is 0.339 e. The highest BCUT2D eigenvalue weighted by molar-refractivity contribution is 7.14. The Labute approximate surface area is 154 Å². The number of ether oxygens (including phenoxy) is 1. The van der Waals surface area contributed by atoms with Gasteiger partial charge < -0.3 is 4.74 Å². The second kappa shape index (κ2) is 6.38. The number of amides is 1. The van der Waals surface area contributed by atoms with Gasteiger partial charge in [-0.1, -0.05) is 48.5 Å². The number of fused-ring (bicyclic) bond motifs is 1. The van der Waals surface area contributed by atoms with Crippen LogP contribution in [-0.2, 0) is 16.0 Å². The maximum absolute atomic E-state index is 12.8. The zero-order chi connectivity index (χ0) is 18.1. The lowest BCUT2D eigenvalue weighted by Gasteiger charge is -2.32. The van der Waals surface area contributed by atoms with Gasteiger partial charge in [0.2, 0.25) is 0 Å². The molecule has 5 nitrogen and oxygen atoms in total. The van der Waals surface area contributed by atoms with Gasteiger partial charge in [-0.15, -0.1) is 11.3 Å². The normalized spacial score (nSPS) is 18.7. The van der Waals surface area contributed by atoms with E-state index in [0.29, 0.717) is 17.1 Å². The van der Waals surface area contributed by atoms with Gasteiger partial charge in [0, 0.05) is 17.4 Å². The van der Waals surface area contributed by atoms with E-state index >= 15 is 0 Å². The van der Waals surface area contributed by atoms with E-state index in [2.05, 4.69) is 10.3 Å². The van der Waals surface area contributed by atoms with Gasteiger partial charge in [0.15, 0.2) is 10.7 Å². The second-order valence-corrected chi connectivity index (χ2v) is 7.17. The SMILES string of the molecule is CC1(C(=O)Nc2nc(-c3ccccc3)cs2)Cc2ccccc2C(=O)O1. The molecule has 0 spiro atoms. The molecule has 2 aromatic carbocycles. The molecule has 0 saturated heterocycles. The highest BCUT2D eigenvalue weighted by Crippen LogP contribution is 2.30. The average molecular weight is 364 g/mol. The zero-order valence-electron chi connectivity index (χ0n) is 14.1. The fraction of sp³-hybridized carbons (Fsp3) is 0.150. The van der Waals surface area contributed by atoms with Crippen molar-refractivity contribution in [2.45, 2.75) is 18.9 Å². The van der Waals surface area contributed by atoms with Crippen molar-refractivity contribution in [3.8, 4) is 11.3 Å². The molecule has 26 heavy (non-hydrogen) atoms. The maximum atomic E-state index is 12.8.